The fourth-order valence-corrected chi connectivity index (χ4v) is 3.11. The van der Waals surface area contributed by atoms with Crippen LogP contribution in [0.5, 0.6) is 0 Å². The maximum absolute atomic E-state index is 11.9. The van der Waals surface area contributed by atoms with Crippen LogP contribution in [-0.4, -0.2) is 28.8 Å². The first kappa shape index (κ1) is 17.6. The fraction of sp³-hybridized carbons (Fsp3) is 0.529. The summed E-state index contributed by atoms with van der Waals surface area (Å²) < 4.78 is 5.24. The fourth-order valence-electron chi connectivity index (χ4n) is 2.98. The third-order valence-electron chi connectivity index (χ3n) is 3.90. The molecule has 0 saturated heterocycles. The van der Waals surface area contributed by atoms with E-state index in [1.807, 2.05) is 12.1 Å². The number of carbonyl (C=O) groups is 2. The normalized spacial score (nSPS) is 24.3. The summed E-state index contributed by atoms with van der Waals surface area (Å²) in [5.74, 6) is -1.53. The molecule has 6 heteroatoms. The summed E-state index contributed by atoms with van der Waals surface area (Å²) in [7, 11) is 0. The number of hydrogen-bond acceptors (Lipinski definition) is 3. The number of aliphatic carboxylic acids is 1. The van der Waals surface area contributed by atoms with Crippen molar-refractivity contribution in [3.8, 4) is 0 Å². The molecule has 0 aromatic heterocycles. The van der Waals surface area contributed by atoms with Crippen LogP contribution in [0.25, 0.3) is 0 Å². The molecule has 0 bridgehead atoms. The highest BCUT2D eigenvalue weighted by Crippen LogP contribution is 2.40. The van der Waals surface area contributed by atoms with Crippen molar-refractivity contribution in [3.05, 3.63) is 34.9 Å². The van der Waals surface area contributed by atoms with Crippen molar-refractivity contribution in [2.45, 2.75) is 51.2 Å². The molecule has 1 aromatic rings. The van der Waals surface area contributed by atoms with Crippen LogP contribution in [0.3, 0.4) is 0 Å². The molecule has 3 atom stereocenters. The number of carboxylic acids is 1. The molecule has 1 saturated carbocycles. The molecule has 1 aliphatic carbocycles. The molecular formula is C17H22ClNO4. The Bertz CT molecular complexity index is 579. The van der Waals surface area contributed by atoms with E-state index in [0.717, 1.165) is 5.56 Å². The van der Waals surface area contributed by atoms with Gasteiger partial charge in [-0.05, 0) is 57.2 Å². The van der Waals surface area contributed by atoms with Crippen LogP contribution in [-0.2, 0) is 9.53 Å². The molecule has 2 N–H and O–H groups in total. The van der Waals surface area contributed by atoms with E-state index in [1.54, 1.807) is 32.9 Å². The van der Waals surface area contributed by atoms with E-state index >= 15 is 0 Å². The number of benzene rings is 1. The molecule has 23 heavy (non-hydrogen) atoms. The Morgan fingerprint density at radius 1 is 1.22 bits per heavy atom. The molecule has 5 nitrogen and oxygen atoms in total. The van der Waals surface area contributed by atoms with Crippen molar-refractivity contribution in [1.82, 2.24) is 5.32 Å². The number of hydrogen-bond donors (Lipinski definition) is 2. The topological polar surface area (TPSA) is 75.6 Å². The van der Waals surface area contributed by atoms with Gasteiger partial charge in [-0.3, -0.25) is 4.79 Å². The standard InChI is InChI=1S/C17H22ClNO4/c1-17(2,3)23-16(22)19-12-8-13(14(9-12)15(20)21)10-4-6-11(18)7-5-10/h4-7,12-14H,8-9H2,1-3H3,(H,19,22)(H,20,21)/t12-,13+,14-/m1/s1. The lowest BCUT2D eigenvalue weighted by atomic mass is 9.89. The second kappa shape index (κ2) is 6.79. The Kier molecular flexibility index (Phi) is 5.19. The molecule has 1 aromatic carbocycles. The molecule has 126 valence electrons. The van der Waals surface area contributed by atoms with Crippen LogP contribution in [0.4, 0.5) is 4.79 Å². The summed E-state index contributed by atoms with van der Waals surface area (Å²) in [6.07, 6.45) is 0.447. The van der Waals surface area contributed by atoms with Crippen molar-refractivity contribution in [1.29, 1.82) is 0 Å². The maximum Gasteiger partial charge on any atom is 0.407 e. The van der Waals surface area contributed by atoms with E-state index in [9.17, 15) is 14.7 Å². The Morgan fingerprint density at radius 2 is 1.83 bits per heavy atom. The molecular weight excluding hydrogens is 318 g/mol. The smallest absolute Gasteiger partial charge is 0.407 e. The van der Waals surface area contributed by atoms with Gasteiger partial charge in [0, 0.05) is 11.1 Å². The van der Waals surface area contributed by atoms with E-state index in [4.69, 9.17) is 16.3 Å². The minimum atomic E-state index is -0.849. The summed E-state index contributed by atoms with van der Waals surface area (Å²) in [6, 6.07) is 6.98. The first-order valence-electron chi connectivity index (χ1n) is 7.63. The summed E-state index contributed by atoms with van der Waals surface area (Å²) in [5, 5.41) is 12.9. The van der Waals surface area contributed by atoms with Gasteiger partial charge in [0.1, 0.15) is 5.60 Å². The molecule has 0 unspecified atom stereocenters. The van der Waals surface area contributed by atoms with E-state index in [1.165, 1.54) is 0 Å². The van der Waals surface area contributed by atoms with Crippen molar-refractivity contribution in [2.24, 2.45) is 5.92 Å². The van der Waals surface area contributed by atoms with E-state index in [-0.39, 0.29) is 12.0 Å². The van der Waals surface area contributed by atoms with Gasteiger partial charge >= 0.3 is 12.1 Å². The quantitative estimate of drug-likeness (QED) is 0.878. The number of carbonyl (C=O) groups excluding carboxylic acids is 1. The van der Waals surface area contributed by atoms with Crippen molar-refractivity contribution in [2.75, 3.05) is 0 Å². The van der Waals surface area contributed by atoms with Gasteiger partial charge in [0.2, 0.25) is 0 Å². The van der Waals surface area contributed by atoms with Crippen LogP contribution in [0.2, 0.25) is 5.02 Å². The molecule has 1 aliphatic rings. The number of ether oxygens (including phenoxy) is 1. The lowest BCUT2D eigenvalue weighted by molar-refractivity contribution is -0.142. The SMILES string of the molecule is CC(C)(C)OC(=O)N[C@H]1C[C@@H](C(=O)O)[C@H](c2ccc(Cl)cc2)C1. The van der Waals surface area contributed by atoms with Gasteiger partial charge in [-0.25, -0.2) is 4.79 Å². The van der Waals surface area contributed by atoms with Gasteiger partial charge < -0.3 is 15.2 Å². The molecule has 1 fully saturated rings. The van der Waals surface area contributed by atoms with Crippen LogP contribution < -0.4 is 5.32 Å². The van der Waals surface area contributed by atoms with E-state index < -0.39 is 23.6 Å². The van der Waals surface area contributed by atoms with Crippen molar-refractivity contribution in [3.63, 3.8) is 0 Å². The van der Waals surface area contributed by atoms with Gasteiger partial charge in [-0.2, -0.15) is 0 Å². The Labute approximate surface area is 141 Å². The summed E-state index contributed by atoms with van der Waals surface area (Å²) in [4.78, 5) is 23.4. The highest BCUT2D eigenvalue weighted by Gasteiger charge is 2.40. The molecule has 0 heterocycles. The van der Waals surface area contributed by atoms with Crippen LogP contribution in [0.1, 0.15) is 45.1 Å². The monoisotopic (exact) mass is 339 g/mol. The predicted molar refractivity (Wildman–Crippen MR) is 87.7 cm³/mol. The first-order valence-corrected chi connectivity index (χ1v) is 8.01. The number of alkyl carbamates (subject to hydrolysis) is 1. The maximum atomic E-state index is 11.9. The summed E-state index contributed by atoms with van der Waals surface area (Å²) in [6.45, 7) is 5.37. The van der Waals surface area contributed by atoms with Gasteiger partial charge in [0.25, 0.3) is 0 Å². The average molecular weight is 340 g/mol. The van der Waals surface area contributed by atoms with Gasteiger partial charge in [0.05, 0.1) is 5.92 Å². The van der Waals surface area contributed by atoms with Crippen molar-refractivity contribution >= 4 is 23.7 Å². The Morgan fingerprint density at radius 3 is 2.35 bits per heavy atom. The zero-order valence-electron chi connectivity index (χ0n) is 13.5. The molecule has 0 aliphatic heterocycles. The zero-order chi connectivity index (χ0) is 17.2. The van der Waals surface area contributed by atoms with Gasteiger partial charge in [0.15, 0.2) is 0 Å². The molecule has 1 amide bonds. The minimum absolute atomic E-state index is 0.148. The van der Waals surface area contributed by atoms with Gasteiger partial charge in [-0.1, -0.05) is 23.7 Å². The number of halogens is 1. The Hall–Kier alpha value is -1.75. The summed E-state index contributed by atoms with van der Waals surface area (Å²) >= 11 is 5.89. The average Bonchev–Trinajstić information content (AvgIpc) is 2.81. The number of nitrogens with one attached hydrogen (secondary N) is 1. The van der Waals surface area contributed by atoms with Crippen LogP contribution in [0, 0.1) is 5.92 Å². The summed E-state index contributed by atoms with van der Waals surface area (Å²) in [5.41, 5.74) is 0.347. The number of rotatable bonds is 3. The second-order valence-corrected chi connectivity index (χ2v) is 7.35. The third kappa shape index (κ3) is 4.86. The molecule has 0 spiro atoms. The van der Waals surface area contributed by atoms with Crippen LogP contribution in [0.15, 0.2) is 24.3 Å². The minimum Gasteiger partial charge on any atom is -0.481 e. The lowest BCUT2D eigenvalue weighted by Crippen LogP contribution is -2.38. The first-order chi connectivity index (χ1) is 10.7. The Balaban J connectivity index is 2.07. The van der Waals surface area contributed by atoms with E-state index in [0.29, 0.717) is 17.9 Å². The molecule has 2 rings (SSSR count). The van der Waals surface area contributed by atoms with E-state index in [2.05, 4.69) is 5.32 Å². The molecule has 0 radical (unpaired) electrons. The second-order valence-electron chi connectivity index (χ2n) is 6.92. The predicted octanol–water partition coefficient (Wildman–Crippen LogP) is 3.81. The third-order valence-corrected chi connectivity index (χ3v) is 4.15. The van der Waals surface area contributed by atoms with Crippen molar-refractivity contribution < 1.29 is 19.4 Å². The largest absolute Gasteiger partial charge is 0.481 e. The number of amides is 1. The number of carboxylic acid groups (broad SMARTS) is 1. The van der Waals surface area contributed by atoms with Crippen LogP contribution >= 0.6 is 11.6 Å². The highest BCUT2D eigenvalue weighted by molar-refractivity contribution is 6.30. The lowest BCUT2D eigenvalue weighted by Gasteiger charge is -2.21. The zero-order valence-corrected chi connectivity index (χ0v) is 14.3. The van der Waals surface area contributed by atoms with Gasteiger partial charge in [-0.15, -0.1) is 0 Å². The highest BCUT2D eigenvalue weighted by atomic mass is 35.5.